The highest BCUT2D eigenvalue weighted by atomic mass is 16.2. The van der Waals surface area contributed by atoms with Gasteiger partial charge in [0.05, 0.1) is 0 Å². The third kappa shape index (κ3) is 4.54. The highest BCUT2D eigenvalue weighted by Gasteiger charge is 2.39. The van der Waals surface area contributed by atoms with E-state index in [4.69, 9.17) is 0 Å². The molecule has 32 heavy (non-hydrogen) atoms. The summed E-state index contributed by atoms with van der Waals surface area (Å²) in [4.78, 5) is 54.9. The fraction of sp³-hybridized carbons (Fsp3) is 0.375. The van der Waals surface area contributed by atoms with Gasteiger partial charge < -0.3 is 10.2 Å². The number of hydrogen-bond acceptors (Lipinski definition) is 5. The summed E-state index contributed by atoms with van der Waals surface area (Å²) in [5.74, 6) is -1.03. The van der Waals surface area contributed by atoms with Crippen molar-refractivity contribution in [1.82, 2.24) is 15.2 Å². The van der Waals surface area contributed by atoms with Crippen LogP contribution in [0.25, 0.3) is 0 Å². The number of carbonyl (C=O) groups is 4. The van der Waals surface area contributed by atoms with Crippen LogP contribution in [0.4, 0.5) is 5.69 Å². The van der Waals surface area contributed by atoms with Crippen LogP contribution in [0.3, 0.4) is 0 Å². The van der Waals surface area contributed by atoms with E-state index in [1.54, 1.807) is 0 Å². The Bertz CT molecular complexity index is 1110. The molecule has 1 aromatic heterocycles. The van der Waals surface area contributed by atoms with Gasteiger partial charge in [-0.2, -0.15) is 0 Å². The Morgan fingerprint density at radius 1 is 1.22 bits per heavy atom. The van der Waals surface area contributed by atoms with Gasteiger partial charge in [-0.15, -0.1) is 0 Å². The van der Waals surface area contributed by atoms with Crippen LogP contribution in [-0.4, -0.2) is 39.6 Å². The van der Waals surface area contributed by atoms with E-state index in [1.807, 2.05) is 44.2 Å². The van der Waals surface area contributed by atoms with Gasteiger partial charge in [-0.1, -0.05) is 19.1 Å². The number of anilines is 1. The molecule has 1 fully saturated rings. The lowest BCUT2D eigenvalue weighted by Crippen LogP contribution is -2.52. The van der Waals surface area contributed by atoms with Crippen LogP contribution in [0.15, 0.2) is 30.3 Å². The number of carbonyl (C=O) groups excluding carboxylic acids is 4. The standard InChI is InChI=1S/C24H26N4O4/c1-3-17-12-18(10-14(2)25-17)26-21(29)8-5-15-4-6-16-13-28(24(32)19(16)11-15)20-7-9-22(30)27-23(20)31/h4,6,10-12,20H,3,5,7-9,13H2,1-2H3,(H,25,26,29)(H,27,30,31). The van der Waals surface area contributed by atoms with Crippen molar-refractivity contribution in [3.05, 3.63) is 58.4 Å². The van der Waals surface area contributed by atoms with Gasteiger partial charge >= 0.3 is 0 Å². The van der Waals surface area contributed by atoms with Crippen LogP contribution in [-0.2, 0) is 33.8 Å². The fourth-order valence-corrected chi connectivity index (χ4v) is 4.23. The Labute approximate surface area is 186 Å². The maximum absolute atomic E-state index is 12.9. The molecule has 2 N–H and O–H groups in total. The smallest absolute Gasteiger partial charge is 0.255 e. The van der Waals surface area contributed by atoms with E-state index in [0.29, 0.717) is 24.9 Å². The Morgan fingerprint density at radius 3 is 2.78 bits per heavy atom. The first-order chi connectivity index (χ1) is 15.3. The average molecular weight is 434 g/mol. The van der Waals surface area contributed by atoms with Gasteiger partial charge in [0, 0.05) is 42.0 Å². The number of imide groups is 1. The molecule has 1 saturated heterocycles. The molecule has 0 spiro atoms. The van der Waals surface area contributed by atoms with E-state index in [1.165, 1.54) is 4.90 Å². The number of hydrogen-bond donors (Lipinski definition) is 2. The molecule has 166 valence electrons. The molecule has 0 bridgehead atoms. The van der Waals surface area contributed by atoms with Gasteiger partial charge in [0.15, 0.2) is 0 Å². The minimum atomic E-state index is -0.626. The zero-order chi connectivity index (χ0) is 22.8. The summed E-state index contributed by atoms with van der Waals surface area (Å²) >= 11 is 0. The molecule has 8 heteroatoms. The number of pyridine rings is 1. The molecule has 3 heterocycles. The minimum Gasteiger partial charge on any atom is -0.326 e. The van der Waals surface area contributed by atoms with E-state index in [2.05, 4.69) is 15.6 Å². The first-order valence-electron chi connectivity index (χ1n) is 10.9. The maximum Gasteiger partial charge on any atom is 0.255 e. The normalized spacial score (nSPS) is 17.9. The average Bonchev–Trinajstić information content (AvgIpc) is 3.07. The van der Waals surface area contributed by atoms with Crippen LogP contribution >= 0.6 is 0 Å². The SMILES string of the molecule is CCc1cc(NC(=O)CCc2ccc3c(c2)C(=O)N(C2CCC(=O)NC2=O)C3)cc(C)n1. The zero-order valence-corrected chi connectivity index (χ0v) is 18.2. The van der Waals surface area contributed by atoms with Crippen molar-refractivity contribution in [2.75, 3.05) is 5.32 Å². The third-order valence-electron chi connectivity index (χ3n) is 5.89. The lowest BCUT2D eigenvalue weighted by atomic mass is 10.0. The number of fused-ring (bicyclic) bond motifs is 1. The largest absolute Gasteiger partial charge is 0.326 e. The van der Waals surface area contributed by atoms with Gasteiger partial charge in [0.2, 0.25) is 17.7 Å². The number of amides is 4. The lowest BCUT2D eigenvalue weighted by Gasteiger charge is -2.29. The zero-order valence-electron chi connectivity index (χ0n) is 18.2. The van der Waals surface area contributed by atoms with E-state index < -0.39 is 11.9 Å². The van der Waals surface area contributed by atoms with Crippen molar-refractivity contribution in [1.29, 1.82) is 0 Å². The van der Waals surface area contributed by atoms with Crippen LogP contribution in [0, 0.1) is 6.92 Å². The Hall–Kier alpha value is -3.55. The van der Waals surface area contributed by atoms with E-state index in [0.717, 1.165) is 34.6 Å². The summed E-state index contributed by atoms with van der Waals surface area (Å²) < 4.78 is 0. The van der Waals surface area contributed by atoms with Crippen LogP contribution in [0.2, 0.25) is 0 Å². The number of nitrogens with zero attached hydrogens (tertiary/aromatic N) is 2. The topological polar surface area (TPSA) is 108 Å². The molecule has 0 radical (unpaired) electrons. The second-order valence-corrected chi connectivity index (χ2v) is 8.28. The molecular weight excluding hydrogens is 408 g/mol. The first-order valence-corrected chi connectivity index (χ1v) is 10.9. The van der Waals surface area contributed by atoms with Crippen molar-refractivity contribution in [2.24, 2.45) is 0 Å². The summed E-state index contributed by atoms with van der Waals surface area (Å²) in [6, 6.07) is 8.70. The van der Waals surface area contributed by atoms with Crippen molar-refractivity contribution >= 4 is 29.3 Å². The molecule has 4 amide bonds. The maximum atomic E-state index is 12.9. The predicted molar refractivity (Wildman–Crippen MR) is 118 cm³/mol. The van der Waals surface area contributed by atoms with Crippen molar-refractivity contribution < 1.29 is 19.2 Å². The van der Waals surface area contributed by atoms with Gasteiger partial charge in [0.1, 0.15) is 6.04 Å². The van der Waals surface area contributed by atoms with E-state index >= 15 is 0 Å². The molecule has 2 aliphatic heterocycles. The Morgan fingerprint density at radius 2 is 2.03 bits per heavy atom. The summed E-state index contributed by atoms with van der Waals surface area (Å²) in [6.45, 7) is 4.26. The monoisotopic (exact) mass is 434 g/mol. The lowest BCUT2D eigenvalue weighted by molar-refractivity contribution is -0.137. The first kappa shape index (κ1) is 21.7. The Balaban J connectivity index is 1.38. The van der Waals surface area contributed by atoms with Crippen molar-refractivity contribution in [2.45, 2.75) is 58.5 Å². The fourth-order valence-electron chi connectivity index (χ4n) is 4.23. The van der Waals surface area contributed by atoms with Crippen LogP contribution in [0.5, 0.6) is 0 Å². The second-order valence-electron chi connectivity index (χ2n) is 8.28. The number of aromatic nitrogens is 1. The molecule has 2 aliphatic rings. The molecular formula is C24H26N4O4. The van der Waals surface area contributed by atoms with Gasteiger partial charge in [-0.05, 0) is 55.5 Å². The molecule has 1 unspecified atom stereocenters. The summed E-state index contributed by atoms with van der Waals surface area (Å²) in [5.41, 5.74) is 4.83. The number of nitrogens with one attached hydrogen (secondary N) is 2. The Kier molecular flexibility index (Phi) is 6.03. The molecule has 0 saturated carbocycles. The summed E-state index contributed by atoms with van der Waals surface area (Å²) in [6.07, 6.45) is 2.14. The molecule has 1 atom stereocenters. The number of piperidine rings is 1. The number of aryl methyl sites for hydroxylation is 3. The molecule has 4 rings (SSSR count). The quantitative estimate of drug-likeness (QED) is 0.678. The summed E-state index contributed by atoms with van der Waals surface area (Å²) in [7, 11) is 0. The third-order valence-corrected chi connectivity index (χ3v) is 5.89. The second kappa shape index (κ2) is 8.90. The van der Waals surface area contributed by atoms with Crippen molar-refractivity contribution in [3.8, 4) is 0 Å². The molecule has 2 aromatic rings. The molecule has 1 aromatic carbocycles. The van der Waals surface area contributed by atoms with Crippen molar-refractivity contribution in [3.63, 3.8) is 0 Å². The molecule has 0 aliphatic carbocycles. The summed E-state index contributed by atoms with van der Waals surface area (Å²) in [5, 5.41) is 5.23. The predicted octanol–water partition coefficient (Wildman–Crippen LogP) is 2.28. The van der Waals surface area contributed by atoms with Crippen LogP contribution < -0.4 is 10.6 Å². The highest BCUT2D eigenvalue weighted by Crippen LogP contribution is 2.28. The van der Waals surface area contributed by atoms with Gasteiger partial charge in [-0.3, -0.25) is 29.5 Å². The van der Waals surface area contributed by atoms with E-state index in [-0.39, 0.29) is 30.6 Å². The van der Waals surface area contributed by atoms with Crippen LogP contribution in [0.1, 0.15) is 59.1 Å². The minimum absolute atomic E-state index is 0.102. The number of rotatable bonds is 6. The molecule has 8 nitrogen and oxygen atoms in total. The van der Waals surface area contributed by atoms with Gasteiger partial charge in [-0.25, -0.2) is 0 Å². The van der Waals surface area contributed by atoms with Gasteiger partial charge in [0.25, 0.3) is 5.91 Å². The highest BCUT2D eigenvalue weighted by molar-refractivity contribution is 6.05. The van der Waals surface area contributed by atoms with E-state index in [9.17, 15) is 19.2 Å². The number of benzene rings is 1.